The number of likely N-dealkylation sites (tertiary alicyclic amines) is 2. The first-order chi connectivity index (χ1) is 29.0. The minimum absolute atomic E-state index is 0.0842. The van der Waals surface area contributed by atoms with E-state index in [1.54, 1.807) is 34.8 Å². The molecule has 6 aromatic rings. The van der Waals surface area contributed by atoms with Crippen LogP contribution in [0.5, 0.6) is 5.75 Å². The van der Waals surface area contributed by atoms with Crippen LogP contribution in [0, 0.1) is 12.8 Å². The molecular formula is C45H50N8O5S2. The molecule has 3 saturated heterocycles. The standard InChI is InChI=1S/C45H50N8O5S2/c1-25(2)42(45(57)53-23-32(54)17-36(53)44(56)47-26(3)28-9-11-29(12-10-28)43-27(4)46-24-59-43)38-20-41(50-58-38)51-15-13-31(14-16-51)52-21-30(22-52)39-19-35-40(60-39)18-34(48-49-35)33-7-5-6-8-37(33)55/h5-12,18-20,24-26,30-32,36,42,54-55H,13-17,21-23H2,1-4H3,(H,47,56)/t26-,32+,36-,42+/m0/s1. The van der Waals surface area contributed by atoms with Crippen molar-refractivity contribution >= 4 is 50.5 Å². The van der Waals surface area contributed by atoms with Crippen LogP contribution in [-0.2, 0) is 9.59 Å². The Bertz CT molecular complexity index is 2490. The largest absolute Gasteiger partial charge is 0.507 e. The fourth-order valence-corrected chi connectivity index (χ4v) is 10.9. The Labute approximate surface area is 357 Å². The van der Waals surface area contributed by atoms with Gasteiger partial charge in [0.15, 0.2) is 11.6 Å². The van der Waals surface area contributed by atoms with Crippen LogP contribution < -0.4 is 10.2 Å². The van der Waals surface area contributed by atoms with E-state index < -0.39 is 18.1 Å². The van der Waals surface area contributed by atoms with Crippen LogP contribution in [0.15, 0.2) is 76.8 Å². The molecule has 0 spiro atoms. The van der Waals surface area contributed by atoms with Crippen LogP contribution in [0.4, 0.5) is 5.82 Å². The summed E-state index contributed by atoms with van der Waals surface area (Å²) < 4.78 is 6.98. The highest BCUT2D eigenvalue weighted by Crippen LogP contribution is 2.40. The molecule has 0 aliphatic carbocycles. The van der Waals surface area contributed by atoms with Crippen molar-refractivity contribution in [2.45, 2.75) is 83.0 Å². The van der Waals surface area contributed by atoms with Gasteiger partial charge in [-0.05, 0) is 68.0 Å². The molecule has 13 nitrogen and oxygen atoms in total. The van der Waals surface area contributed by atoms with Crippen molar-refractivity contribution in [2.75, 3.05) is 37.6 Å². The number of piperidine rings is 1. The number of carbonyl (C=O) groups excluding carboxylic acids is 2. The van der Waals surface area contributed by atoms with Crippen molar-refractivity contribution in [2.24, 2.45) is 5.92 Å². The number of rotatable bonds is 11. The summed E-state index contributed by atoms with van der Waals surface area (Å²) in [6, 6.07) is 20.8. The maximum atomic E-state index is 14.3. The van der Waals surface area contributed by atoms with Crippen LogP contribution in [0.2, 0.25) is 0 Å². The minimum atomic E-state index is -0.799. The molecule has 60 heavy (non-hydrogen) atoms. The highest BCUT2D eigenvalue weighted by atomic mass is 32.1. The van der Waals surface area contributed by atoms with E-state index in [2.05, 4.69) is 41.5 Å². The first-order valence-electron chi connectivity index (χ1n) is 20.8. The fraction of sp³-hybridized carbons (Fsp3) is 0.422. The Hall–Kier alpha value is -5.22. The lowest BCUT2D eigenvalue weighted by atomic mass is 9.91. The van der Waals surface area contributed by atoms with Crippen molar-refractivity contribution < 1.29 is 24.3 Å². The van der Waals surface area contributed by atoms with Crippen LogP contribution >= 0.6 is 22.7 Å². The molecule has 2 aromatic carbocycles. The molecule has 0 saturated carbocycles. The molecule has 4 aromatic heterocycles. The second kappa shape index (κ2) is 16.7. The van der Waals surface area contributed by atoms with Gasteiger partial charge in [-0.3, -0.25) is 14.5 Å². The molecule has 0 radical (unpaired) electrons. The molecule has 15 heteroatoms. The molecule has 0 bridgehead atoms. The molecule has 0 unspecified atom stereocenters. The Morgan fingerprint density at radius 1 is 0.967 bits per heavy atom. The van der Waals surface area contributed by atoms with Gasteiger partial charge in [0.1, 0.15) is 23.2 Å². The molecule has 312 valence electrons. The van der Waals surface area contributed by atoms with Gasteiger partial charge in [-0.15, -0.1) is 32.9 Å². The number of benzene rings is 2. The maximum Gasteiger partial charge on any atom is 0.243 e. The van der Waals surface area contributed by atoms with Gasteiger partial charge in [-0.25, -0.2) is 4.98 Å². The Morgan fingerprint density at radius 3 is 2.45 bits per heavy atom. The third-order valence-electron chi connectivity index (χ3n) is 12.5. The van der Waals surface area contributed by atoms with E-state index in [1.165, 1.54) is 9.78 Å². The molecule has 7 heterocycles. The molecule has 4 atom stereocenters. The summed E-state index contributed by atoms with van der Waals surface area (Å²) in [7, 11) is 0. The molecule has 3 fully saturated rings. The lowest BCUT2D eigenvalue weighted by molar-refractivity contribution is -0.141. The topological polar surface area (TPSA) is 161 Å². The zero-order valence-electron chi connectivity index (χ0n) is 34.2. The van der Waals surface area contributed by atoms with E-state index in [1.807, 2.05) is 81.7 Å². The maximum absolute atomic E-state index is 14.3. The van der Waals surface area contributed by atoms with Crippen molar-refractivity contribution in [3.63, 3.8) is 0 Å². The number of aryl methyl sites for hydroxylation is 1. The number of phenolic OH excluding ortho intramolecular Hbond substituents is 1. The van der Waals surface area contributed by atoms with E-state index in [4.69, 9.17) is 4.52 Å². The van der Waals surface area contributed by atoms with E-state index in [0.717, 1.165) is 76.8 Å². The number of thiazole rings is 1. The number of anilines is 1. The summed E-state index contributed by atoms with van der Waals surface area (Å²) >= 11 is 3.36. The highest BCUT2D eigenvalue weighted by Gasteiger charge is 2.44. The average molecular weight is 847 g/mol. The normalized spacial score (nSPS) is 20.2. The number of carbonyl (C=O) groups is 2. The average Bonchev–Trinajstić information content (AvgIpc) is 4.05. The van der Waals surface area contributed by atoms with Gasteiger partial charge < -0.3 is 29.9 Å². The van der Waals surface area contributed by atoms with Crippen molar-refractivity contribution in [1.82, 2.24) is 35.5 Å². The van der Waals surface area contributed by atoms with E-state index in [9.17, 15) is 19.8 Å². The molecule has 3 aliphatic heterocycles. The summed E-state index contributed by atoms with van der Waals surface area (Å²) in [4.78, 5) is 41.2. The van der Waals surface area contributed by atoms with Gasteiger partial charge in [0.05, 0.1) is 38.6 Å². The number of β-amino-alcohol motifs (C(OH)–C–C–N with tert-alkyl or cyclic N) is 1. The number of nitrogens with one attached hydrogen (secondary N) is 1. The van der Waals surface area contributed by atoms with Gasteiger partial charge in [0, 0.05) is 67.6 Å². The number of fused-ring (bicyclic) bond motifs is 1. The van der Waals surface area contributed by atoms with E-state index in [-0.39, 0.29) is 42.5 Å². The highest BCUT2D eigenvalue weighted by molar-refractivity contribution is 7.19. The minimum Gasteiger partial charge on any atom is -0.507 e. The third-order valence-corrected chi connectivity index (χ3v) is 14.7. The number of para-hydroxylation sites is 1. The van der Waals surface area contributed by atoms with Gasteiger partial charge in [0.2, 0.25) is 11.8 Å². The Morgan fingerprint density at radius 2 is 1.73 bits per heavy atom. The predicted molar refractivity (Wildman–Crippen MR) is 233 cm³/mol. The zero-order chi connectivity index (χ0) is 41.7. The number of aromatic nitrogens is 4. The number of aromatic hydroxyl groups is 1. The SMILES string of the molecule is Cc1ncsc1-c1ccc([C@H](C)NC(=O)[C@@H]2C[C@@H](O)CN2C(=O)[C@@H](c2cc(N3CCC(N4CC(c5cc6nnc(-c7ccccc7O)cc6s5)C4)CC3)no2)C(C)C)cc1. The van der Waals surface area contributed by atoms with Crippen LogP contribution in [-0.4, -0.2) is 103 Å². The number of aliphatic hydroxyl groups excluding tert-OH is 1. The monoisotopic (exact) mass is 846 g/mol. The number of hydrogen-bond acceptors (Lipinski definition) is 13. The van der Waals surface area contributed by atoms with E-state index >= 15 is 0 Å². The molecule has 9 rings (SSSR count). The number of aliphatic hydroxyl groups is 1. The second-order valence-electron chi connectivity index (χ2n) is 16.8. The third kappa shape index (κ3) is 7.91. The number of thiophene rings is 1. The molecule has 2 amide bonds. The van der Waals surface area contributed by atoms with Gasteiger partial charge in [-0.1, -0.05) is 55.4 Å². The van der Waals surface area contributed by atoms with Crippen molar-refractivity contribution in [3.05, 3.63) is 94.1 Å². The van der Waals surface area contributed by atoms with Crippen molar-refractivity contribution in [1.29, 1.82) is 0 Å². The molecule has 3 N–H and O–H groups in total. The van der Waals surface area contributed by atoms with Crippen LogP contribution in [0.3, 0.4) is 0 Å². The predicted octanol–water partition coefficient (Wildman–Crippen LogP) is 7.13. The van der Waals surface area contributed by atoms with Crippen LogP contribution in [0.25, 0.3) is 31.9 Å². The number of hydrogen-bond donors (Lipinski definition) is 3. The molecule has 3 aliphatic rings. The number of phenols is 1. The fourth-order valence-electron chi connectivity index (χ4n) is 9.02. The summed E-state index contributed by atoms with van der Waals surface area (Å²) in [6.07, 6.45) is 1.37. The Kier molecular flexibility index (Phi) is 11.2. The van der Waals surface area contributed by atoms with Gasteiger partial charge >= 0.3 is 0 Å². The smallest absolute Gasteiger partial charge is 0.243 e. The summed E-state index contributed by atoms with van der Waals surface area (Å²) in [5, 5.41) is 37.4. The lowest BCUT2D eigenvalue weighted by Gasteiger charge is -2.47. The number of nitrogens with zero attached hydrogens (tertiary/aromatic N) is 7. The lowest BCUT2D eigenvalue weighted by Crippen LogP contribution is -2.54. The quantitative estimate of drug-likeness (QED) is 0.122. The zero-order valence-corrected chi connectivity index (χ0v) is 35.8. The molecular weight excluding hydrogens is 797 g/mol. The Balaban J connectivity index is 0.791. The van der Waals surface area contributed by atoms with Crippen molar-refractivity contribution in [3.8, 4) is 27.4 Å². The first kappa shape index (κ1) is 40.2. The summed E-state index contributed by atoms with van der Waals surface area (Å²) in [5.41, 5.74) is 7.10. The second-order valence-corrected chi connectivity index (χ2v) is 18.8. The summed E-state index contributed by atoms with van der Waals surface area (Å²) in [6.45, 7) is 11.6. The van der Waals surface area contributed by atoms with Gasteiger partial charge in [0.25, 0.3) is 0 Å². The van der Waals surface area contributed by atoms with Gasteiger partial charge in [-0.2, -0.15) is 0 Å². The number of amides is 2. The van der Waals surface area contributed by atoms with E-state index in [0.29, 0.717) is 29.0 Å². The van der Waals surface area contributed by atoms with Crippen LogP contribution in [0.1, 0.15) is 79.8 Å². The summed E-state index contributed by atoms with van der Waals surface area (Å²) in [5.74, 6) is 0.545. The first-order valence-corrected chi connectivity index (χ1v) is 22.5.